The van der Waals surface area contributed by atoms with Gasteiger partial charge in [-0.2, -0.15) is 0 Å². The van der Waals surface area contributed by atoms with Crippen LogP contribution in [0.3, 0.4) is 0 Å². The van der Waals surface area contributed by atoms with Gasteiger partial charge in [0.05, 0.1) is 11.4 Å². The summed E-state index contributed by atoms with van der Waals surface area (Å²) in [4.78, 5) is 12.8. The molecule has 0 atom stereocenters. The zero-order chi connectivity index (χ0) is 14.1. The van der Waals surface area contributed by atoms with Crippen LogP contribution < -0.4 is 10.6 Å². The number of nitrogens with two attached hydrogens (primary N) is 1. The number of carbonyl (C=O) groups is 1. The molecule has 0 spiro atoms. The number of nitrogen functional groups attached to an aromatic ring is 1. The van der Waals surface area contributed by atoms with Crippen molar-refractivity contribution in [1.29, 1.82) is 0 Å². The Morgan fingerprint density at radius 2 is 1.89 bits per heavy atom. The lowest BCUT2D eigenvalue weighted by Crippen LogP contribution is -2.31. The number of anilines is 2. The fourth-order valence-electron chi connectivity index (χ4n) is 2.13. The van der Waals surface area contributed by atoms with E-state index in [0.717, 1.165) is 25.1 Å². The van der Waals surface area contributed by atoms with E-state index in [1.165, 1.54) is 19.3 Å². The van der Waals surface area contributed by atoms with Crippen molar-refractivity contribution in [3.63, 3.8) is 0 Å². The molecule has 0 saturated carbocycles. The Balaban J connectivity index is 2.57. The van der Waals surface area contributed by atoms with Crippen molar-refractivity contribution in [3.05, 3.63) is 24.3 Å². The van der Waals surface area contributed by atoms with Crippen molar-refractivity contribution in [2.75, 3.05) is 23.7 Å². The number of hydrogen-bond donors (Lipinski definition) is 2. The van der Waals surface area contributed by atoms with Gasteiger partial charge in [0.25, 0.3) is 0 Å². The van der Waals surface area contributed by atoms with Crippen LogP contribution in [0.5, 0.6) is 0 Å². The summed E-state index contributed by atoms with van der Waals surface area (Å²) >= 11 is 0. The van der Waals surface area contributed by atoms with Crippen LogP contribution in [0.25, 0.3) is 0 Å². The molecule has 0 bridgehead atoms. The molecule has 0 fully saturated rings. The highest BCUT2D eigenvalue weighted by atomic mass is 16.4. The SMILES string of the molecule is CCCCCCCN(CC(=O)O)c1ccccc1N. The van der Waals surface area contributed by atoms with Gasteiger partial charge in [-0.15, -0.1) is 0 Å². The van der Waals surface area contributed by atoms with Gasteiger partial charge in [0, 0.05) is 6.54 Å². The fourth-order valence-corrected chi connectivity index (χ4v) is 2.13. The molecule has 1 aromatic carbocycles. The average molecular weight is 264 g/mol. The molecule has 106 valence electrons. The predicted molar refractivity (Wildman–Crippen MR) is 79.5 cm³/mol. The van der Waals surface area contributed by atoms with Crippen molar-refractivity contribution in [2.45, 2.75) is 39.0 Å². The maximum Gasteiger partial charge on any atom is 0.323 e. The Labute approximate surface area is 115 Å². The third-order valence-electron chi connectivity index (χ3n) is 3.14. The van der Waals surface area contributed by atoms with E-state index in [2.05, 4.69) is 6.92 Å². The van der Waals surface area contributed by atoms with Crippen LogP contribution in [0.1, 0.15) is 39.0 Å². The summed E-state index contributed by atoms with van der Waals surface area (Å²) in [5, 5.41) is 8.99. The Bertz CT molecular complexity index is 393. The summed E-state index contributed by atoms with van der Waals surface area (Å²) in [5.41, 5.74) is 7.37. The van der Waals surface area contributed by atoms with Gasteiger partial charge in [-0.3, -0.25) is 4.79 Å². The predicted octanol–water partition coefficient (Wildman–Crippen LogP) is 3.13. The molecule has 4 heteroatoms. The molecule has 0 aliphatic heterocycles. The van der Waals surface area contributed by atoms with Crippen molar-refractivity contribution >= 4 is 17.3 Å². The van der Waals surface area contributed by atoms with Gasteiger partial charge in [-0.05, 0) is 18.6 Å². The molecule has 0 aliphatic carbocycles. The van der Waals surface area contributed by atoms with E-state index >= 15 is 0 Å². The molecule has 0 radical (unpaired) electrons. The molecule has 1 aromatic rings. The molecule has 0 unspecified atom stereocenters. The molecule has 0 heterocycles. The van der Waals surface area contributed by atoms with Crippen LogP contribution in [-0.2, 0) is 4.79 Å². The van der Waals surface area contributed by atoms with Crippen molar-refractivity contribution < 1.29 is 9.90 Å². The zero-order valence-electron chi connectivity index (χ0n) is 11.6. The summed E-state index contributed by atoms with van der Waals surface area (Å²) in [6.45, 7) is 2.92. The summed E-state index contributed by atoms with van der Waals surface area (Å²) in [6, 6.07) is 7.43. The highest BCUT2D eigenvalue weighted by molar-refractivity contribution is 5.77. The lowest BCUT2D eigenvalue weighted by molar-refractivity contribution is -0.135. The minimum absolute atomic E-state index is 0.00198. The van der Waals surface area contributed by atoms with E-state index in [9.17, 15) is 4.79 Å². The van der Waals surface area contributed by atoms with E-state index in [4.69, 9.17) is 10.8 Å². The molecular weight excluding hydrogens is 240 g/mol. The van der Waals surface area contributed by atoms with E-state index in [-0.39, 0.29) is 6.54 Å². The van der Waals surface area contributed by atoms with Gasteiger partial charge < -0.3 is 15.7 Å². The van der Waals surface area contributed by atoms with E-state index < -0.39 is 5.97 Å². The molecule has 3 N–H and O–H groups in total. The van der Waals surface area contributed by atoms with Gasteiger partial charge in [-0.1, -0.05) is 44.7 Å². The van der Waals surface area contributed by atoms with E-state index in [1.54, 1.807) is 6.07 Å². The lowest BCUT2D eigenvalue weighted by Gasteiger charge is -2.24. The average Bonchev–Trinajstić information content (AvgIpc) is 2.37. The maximum atomic E-state index is 10.9. The first-order chi connectivity index (χ1) is 9.15. The van der Waals surface area contributed by atoms with Crippen LogP contribution >= 0.6 is 0 Å². The number of hydrogen-bond acceptors (Lipinski definition) is 3. The van der Waals surface area contributed by atoms with Gasteiger partial charge in [0.1, 0.15) is 6.54 Å². The fraction of sp³-hybridized carbons (Fsp3) is 0.533. The number of carboxylic acids is 1. The van der Waals surface area contributed by atoms with Crippen LogP contribution in [0.15, 0.2) is 24.3 Å². The molecule has 1 rings (SSSR count). The second-order valence-corrected chi connectivity index (χ2v) is 4.79. The number of aliphatic carboxylic acids is 1. The molecule has 0 aliphatic rings. The normalized spacial score (nSPS) is 10.4. The number of nitrogens with zero attached hydrogens (tertiary/aromatic N) is 1. The number of para-hydroxylation sites is 2. The first-order valence-corrected chi connectivity index (χ1v) is 6.96. The zero-order valence-corrected chi connectivity index (χ0v) is 11.6. The van der Waals surface area contributed by atoms with Gasteiger partial charge in [-0.25, -0.2) is 0 Å². The van der Waals surface area contributed by atoms with E-state index in [1.807, 2.05) is 23.1 Å². The minimum Gasteiger partial charge on any atom is -0.480 e. The summed E-state index contributed by atoms with van der Waals surface area (Å²) in [7, 11) is 0. The Morgan fingerprint density at radius 1 is 1.21 bits per heavy atom. The number of carboxylic acid groups (broad SMARTS) is 1. The summed E-state index contributed by atoms with van der Waals surface area (Å²) in [5.74, 6) is -0.822. The van der Waals surface area contributed by atoms with Crippen LogP contribution in [0, 0.1) is 0 Å². The standard InChI is InChI=1S/C15H24N2O2/c1-2-3-4-5-8-11-17(12-15(18)19)14-10-7-6-9-13(14)16/h6-7,9-10H,2-5,8,11-12,16H2,1H3,(H,18,19). The van der Waals surface area contributed by atoms with Crippen LogP contribution in [0.2, 0.25) is 0 Å². The second kappa shape index (κ2) is 8.40. The highest BCUT2D eigenvalue weighted by Gasteiger charge is 2.12. The number of rotatable bonds is 9. The van der Waals surface area contributed by atoms with Gasteiger partial charge in [0.15, 0.2) is 0 Å². The number of benzene rings is 1. The first kappa shape index (κ1) is 15.3. The topological polar surface area (TPSA) is 66.6 Å². The minimum atomic E-state index is -0.822. The third-order valence-corrected chi connectivity index (χ3v) is 3.14. The summed E-state index contributed by atoms with van der Waals surface area (Å²) < 4.78 is 0. The van der Waals surface area contributed by atoms with Crippen LogP contribution in [-0.4, -0.2) is 24.2 Å². The Morgan fingerprint density at radius 3 is 2.53 bits per heavy atom. The summed E-state index contributed by atoms with van der Waals surface area (Å²) in [6.07, 6.45) is 5.80. The quantitative estimate of drug-likeness (QED) is 0.531. The number of unbranched alkanes of at least 4 members (excludes halogenated alkanes) is 4. The largest absolute Gasteiger partial charge is 0.480 e. The smallest absolute Gasteiger partial charge is 0.323 e. The molecule has 19 heavy (non-hydrogen) atoms. The van der Waals surface area contributed by atoms with Crippen molar-refractivity contribution in [3.8, 4) is 0 Å². The second-order valence-electron chi connectivity index (χ2n) is 4.79. The molecular formula is C15H24N2O2. The first-order valence-electron chi connectivity index (χ1n) is 6.96. The molecule has 0 amide bonds. The van der Waals surface area contributed by atoms with Gasteiger partial charge >= 0.3 is 5.97 Å². The molecule has 0 saturated heterocycles. The highest BCUT2D eigenvalue weighted by Crippen LogP contribution is 2.22. The Hall–Kier alpha value is -1.71. The van der Waals surface area contributed by atoms with Crippen LogP contribution in [0.4, 0.5) is 11.4 Å². The molecule has 4 nitrogen and oxygen atoms in total. The third kappa shape index (κ3) is 5.64. The Kier molecular flexibility index (Phi) is 6.79. The maximum absolute atomic E-state index is 10.9. The monoisotopic (exact) mass is 264 g/mol. The molecule has 0 aromatic heterocycles. The lowest BCUT2D eigenvalue weighted by atomic mass is 10.1. The van der Waals surface area contributed by atoms with Crippen molar-refractivity contribution in [2.24, 2.45) is 0 Å². The van der Waals surface area contributed by atoms with E-state index in [0.29, 0.717) is 5.69 Å². The van der Waals surface area contributed by atoms with Crippen molar-refractivity contribution in [1.82, 2.24) is 0 Å². The van der Waals surface area contributed by atoms with Gasteiger partial charge in [0.2, 0.25) is 0 Å².